The first-order chi connectivity index (χ1) is 13.5. The highest BCUT2D eigenvalue weighted by Crippen LogP contribution is 2.35. The van der Waals surface area contributed by atoms with Crippen molar-refractivity contribution in [1.82, 2.24) is 4.98 Å². The Morgan fingerprint density at radius 2 is 1.90 bits per heavy atom. The molecule has 6 nitrogen and oxygen atoms in total. The van der Waals surface area contributed by atoms with Gasteiger partial charge >= 0.3 is 6.18 Å². The summed E-state index contributed by atoms with van der Waals surface area (Å²) >= 11 is 0. The number of H-pyrrole nitrogens is 1. The summed E-state index contributed by atoms with van der Waals surface area (Å²) in [4.78, 5) is 14.4. The normalized spacial score (nSPS) is 12.2. The number of nitrogens with one attached hydrogen (secondary N) is 1. The second-order valence-electron chi connectivity index (χ2n) is 6.52. The molecule has 0 saturated carbocycles. The quantitative estimate of drug-likeness (QED) is 0.667. The molecule has 0 aliphatic heterocycles. The lowest BCUT2D eigenvalue weighted by Gasteiger charge is -2.18. The van der Waals surface area contributed by atoms with Crippen LogP contribution in [-0.4, -0.2) is 43.7 Å². The van der Waals surface area contributed by atoms with E-state index < -0.39 is 22.6 Å². The fourth-order valence-electron chi connectivity index (χ4n) is 2.87. The van der Waals surface area contributed by atoms with E-state index in [9.17, 15) is 31.5 Å². The van der Waals surface area contributed by atoms with E-state index in [1.165, 1.54) is 38.2 Å². The third-order valence-electron chi connectivity index (χ3n) is 4.38. The highest BCUT2D eigenvalue weighted by atomic mass is 32.2. The number of halogens is 3. The van der Waals surface area contributed by atoms with E-state index in [-0.39, 0.29) is 41.4 Å². The number of sulfone groups is 1. The molecule has 0 aliphatic carbocycles. The van der Waals surface area contributed by atoms with Crippen molar-refractivity contribution in [2.24, 2.45) is 0 Å². The number of aromatic nitrogens is 1. The number of rotatable bonds is 8. The van der Waals surface area contributed by atoms with Crippen LogP contribution in [0.15, 0.2) is 29.2 Å². The monoisotopic (exact) mass is 433 g/mol. The van der Waals surface area contributed by atoms with Crippen LogP contribution >= 0.6 is 0 Å². The van der Waals surface area contributed by atoms with Crippen molar-refractivity contribution in [3.63, 3.8) is 0 Å². The molecule has 1 aromatic carbocycles. The number of ether oxygens (including phenoxy) is 1. The molecule has 0 spiro atoms. The molecular weight excluding hydrogens is 411 g/mol. The van der Waals surface area contributed by atoms with Crippen molar-refractivity contribution in [1.29, 1.82) is 0 Å². The first-order valence-electron chi connectivity index (χ1n) is 8.82. The van der Waals surface area contributed by atoms with Crippen molar-refractivity contribution >= 4 is 9.84 Å². The predicted molar refractivity (Wildman–Crippen MR) is 103 cm³/mol. The molecule has 1 aromatic heterocycles. The minimum absolute atomic E-state index is 0.0812. The first kappa shape index (κ1) is 23.0. The molecule has 2 aromatic rings. The molecule has 0 amide bonds. The zero-order valence-electron chi connectivity index (χ0n) is 16.0. The molecule has 2 N–H and O–H groups in total. The van der Waals surface area contributed by atoms with E-state index in [0.29, 0.717) is 22.3 Å². The number of aliphatic hydroxyl groups excluding tert-OH is 1. The molecular formula is C19H22F3NO5S. The molecule has 0 bridgehead atoms. The average molecular weight is 433 g/mol. The van der Waals surface area contributed by atoms with E-state index in [0.717, 1.165) is 0 Å². The number of pyridine rings is 1. The SMILES string of the molecule is CCS(=O)(=O)Cc1ccc(OCC(F)(F)F)c(-c2c[nH]c(=O)c(C)c2CCO)c1. The van der Waals surface area contributed by atoms with E-state index in [2.05, 4.69) is 4.98 Å². The number of aromatic amines is 1. The fourth-order valence-corrected chi connectivity index (χ4v) is 3.76. The van der Waals surface area contributed by atoms with Crippen LogP contribution in [0.3, 0.4) is 0 Å². The van der Waals surface area contributed by atoms with Gasteiger partial charge in [-0.1, -0.05) is 13.0 Å². The second-order valence-corrected chi connectivity index (χ2v) is 8.87. The van der Waals surface area contributed by atoms with E-state index in [1.807, 2.05) is 0 Å². The van der Waals surface area contributed by atoms with Gasteiger partial charge in [-0.25, -0.2) is 8.42 Å². The molecule has 160 valence electrons. The molecule has 0 unspecified atom stereocenters. The fraction of sp³-hybridized carbons (Fsp3) is 0.421. The summed E-state index contributed by atoms with van der Waals surface area (Å²) < 4.78 is 66.8. The Morgan fingerprint density at radius 1 is 1.21 bits per heavy atom. The topological polar surface area (TPSA) is 96.5 Å². The van der Waals surface area contributed by atoms with Gasteiger partial charge in [-0.2, -0.15) is 13.2 Å². The van der Waals surface area contributed by atoms with Gasteiger partial charge in [0, 0.05) is 35.2 Å². The number of hydrogen-bond donors (Lipinski definition) is 2. The first-order valence-corrected chi connectivity index (χ1v) is 10.6. The van der Waals surface area contributed by atoms with E-state index >= 15 is 0 Å². The Morgan fingerprint density at radius 3 is 2.48 bits per heavy atom. The number of aliphatic hydroxyl groups is 1. The van der Waals surface area contributed by atoms with Crippen molar-refractivity contribution in [3.8, 4) is 16.9 Å². The van der Waals surface area contributed by atoms with Crippen LogP contribution in [0.4, 0.5) is 13.2 Å². The van der Waals surface area contributed by atoms with Crippen LogP contribution in [0, 0.1) is 6.92 Å². The summed E-state index contributed by atoms with van der Waals surface area (Å²) in [5.74, 6) is -0.471. The standard InChI is InChI=1S/C19H22F3NO5S/c1-3-29(26,27)10-13-4-5-17(28-11-19(20,21)22)15(8-13)16-9-23-18(25)12(2)14(16)6-7-24/h4-5,8-9,24H,3,6-7,10-11H2,1-2H3,(H,23,25). The molecule has 10 heteroatoms. The Kier molecular flexibility index (Phi) is 7.12. The van der Waals surface area contributed by atoms with Crippen LogP contribution in [0.25, 0.3) is 11.1 Å². The Hall–Kier alpha value is -2.33. The zero-order chi connectivity index (χ0) is 21.8. The Labute approximate surface area is 166 Å². The van der Waals surface area contributed by atoms with Crippen LogP contribution in [0.2, 0.25) is 0 Å². The Balaban J connectivity index is 2.65. The number of alkyl halides is 3. The lowest BCUT2D eigenvalue weighted by molar-refractivity contribution is -0.153. The maximum atomic E-state index is 12.7. The predicted octanol–water partition coefficient (Wildman–Crippen LogP) is 2.76. The molecule has 0 fully saturated rings. The highest BCUT2D eigenvalue weighted by Gasteiger charge is 2.29. The van der Waals surface area contributed by atoms with Crippen LogP contribution in [-0.2, 0) is 22.0 Å². The summed E-state index contributed by atoms with van der Waals surface area (Å²) in [5.41, 5.74) is 1.32. The molecule has 0 aliphatic rings. The minimum atomic E-state index is -4.56. The van der Waals surface area contributed by atoms with Gasteiger partial charge in [-0.3, -0.25) is 4.79 Å². The highest BCUT2D eigenvalue weighted by molar-refractivity contribution is 7.90. The summed E-state index contributed by atoms with van der Waals surface area (Å²) in [6.07, 6.45) is -3.13. The molecule has 0 atom stereocenters. The summed E-state index contributed by atoms with van der Waals surface area (Å²) in [6.45, 7) is 1.24. The smallest absolute Gasteiger partial charge is 0.422 e. The molecule has 29 heavy (non-hydrogen) atoms. The van der Waals surface area contributed by atoms with Crippen LogP contribution in [0.5, 0.6) is 5.75 Å². The number of hydrogen-bond acceptors (Lipinski definition) is 5. The number of benzene rings is 1. The molecule has 0 radical (unpaired) electrons. The van der Waals surface area contributed by atoms with Gasteiger partial charge < -0.3 is 14.8 Å². The maximum Gasteiger partial charge on any atom is 0.422 e. The molecule has 2 rings (SSSR count). The van der Waals surface area contributed by atoms with Crippen molar-refractivity contribution in [3.05, 3.63) is 51.4 Å². The average Bonchev–Trinajstić information content (AvgIpc) is 2.64. The van der Waals surface area contributed by atoms with Gasteiger partial charge in [0.1, 0.15) is 5.75 Å². The van der Waals surface area contributed by atoms with E-state index in [4.69, 9.17) is 4.74 Å². The Bertz CT molecular complexity index is 1030. The van der Waals surface area contributed by atoms with Gasteiger partial charge in [-0.15, -0.1) is 0 Å². The van der Waals surface area contributed by atoms with Crippen LogP contribution < -0.4 is 10.3 Å². The van der Waals surface area contributed by atoms with Crippen molar-refractivity contribution in [2.75, 3.05) is 19.0 Å². The summed E-state index contributed by atoms with van der Waals surface area (Å²) in [7, 11) is -3.37. The van der Waals surface area contributed by atoms with Gasteiger partial charge in [0.25, 0.3) is 5.56 Å². The van der Waals surface area contributed by atoms with Gasteiger partial charge in [0.2, 0.25) is 0 Å². The third-order valence-corrected chi connectivity index (χ3v) is 6.03. The van der Waals surface area contributed by atoms with Crippen molar-refractivity contribution < 1.29 is 31.4 Å². The van der Waals surface area contributed by atoms with Crippen molar-refractivity contribution in [2.45, 2.75) is 32.2 Å². The molecule has 1 heterocycles. The largest absolute Gasteiger partial charge is 0.483 e. The lowest BCUT2D eigenvalue weighted by Crippen LogP contribution is -2.20. The maximum absolute atomic E-state index is 12.7. The summed E-state index contributed by atoms with van der Waals surface area (Å²) in [6, 6.07) is 4.12. The third kappa shape index (κ3) is 6.07. The lowest BCUT2D eigenvalue weighted by atomic mass is 9.95. The minimum Gasteiger partial charge on any atom is -0.483 e. The van der Waals surface area contributed by atoms with Crippen LogP contribution in [0.1, 0.15) is 23.6 Å². The second kappa shape index (κ2) is 9.00. The molecule has 0 saturated heterocycles. The van der Waals surface area contributed by atoms with E-state index in [1.54, 1.807) is 0 Å². The van der Waals surface area contributed by atoms with Gasteiger partial charge in [0.05, 0.1) is 5.75 Å². The summed E-state index contributed by atoms with van der Waals surface area (Å²) in [5, 5.41) is 9.35. The zero-order valence-corrected chi connectivity index (χ0v) is 16.8. The van der Waals surface area contributed by atoms with Gasteiger partial charge in [-0.05, 0) is 36.6 Å². The van der Waals surface area contributed by atoms with Gasteiger partial charge in [0.15, 0.2) is 16.4 Å².